The van der Waals surface area contributed by atoms with E-state index < -0.39 is 0 Å². The van der Waals surface area contributed by atoms with Crippen LogP contribution >= 0.6 is 23.2 Å². The highest BCUT2D eigenvalue weighted by Crippen LogP contribution is 2.27. The van der Waals surface area contributed by atoms with Crippen LogP contribution in [0.25, 0.3) is 11.1 Å². The van der Waals surface area contributed by atoms with Crippen molar-refractivity contribution in [1.29, 1.82) is 0 Å². The van der Waals surface area contributed by atoms with Crippen LogP contribution in [0.2, 0.25) is 0 Å². The largest absolute Gasteiger partial charge is 0.398 e. The Morgan fingerprint density at radius 1 is 0.824 bits per heavy atom. The Kier molecular flexibility index (Phi) is 3.93. The number of hydrogen-bond donors (Lipinski definition) is 1. The number of hydrogen-bond acceptors (Lipinski definition) is 1. The third-order valence-electron chi connectivity index (χ3n) is 2.69. The summed E-state index contributed by atoms with van der Waals surface area (Å²) in [5.74, 6) is 1.01. The molecule has 0 aromatic heterocycles. The molecule has 0 amide bonds. The number of nitrogen functional groups attached to an aromatic ring is 1. The molecule has 0 saturated carbocycles. The maximum atomic E-state index is 6.01. The molecule has 0 aliphatic rings. The van der Waals surface area contributed by atoms with Gasteiger partial charge >= 0.3 is 0 Å². The second-order valence-electron chi connectivity index (χ2n) is 3.89. The predicted octanol–water partition coefficient (Wildman–Crippen LogP) is 4.41. The molecule has 0 bridgehead atoms. The van der Waals surface area contributed by atoms with Gasteiger partial charge in [-0.05, 0) is 22.8 Å². The molecule has 2 N–H and O–H groups in total. The van der Waals surface area contributed by atoms with Gasteiger partial charge in [0.1, 0.15) is 0 Å². The summed E-state index contributed by atoms with van der Waals surface area (Å²) >= 11 is 11.5. The van der Waals surface area contributed by atoms with Gasteiger partial charge < -0.3 is 5.73 Å². The van der Waals surface area contributed by atoms with Crippen LogP contribution in [-0.2, 0) is 11.8 Å². The van der Waals surface area contributed by atoms with Crippen molar-refractivity contribution in [3.8, 4) is 11.1 Å². The minimum atomic E-state index is 0.482. The minimum absolute atomic E-state index is 0.482. The molecule has 3 heteroatoms. The lowest BCUT2D eigenvalue weighted by molar-refractivity contribution is 1.39. The van der Waals surface area contributed by atoms with Gasteiger partial charge in [-0.3, -0.25) is 0 Å². The first-order valence-corrected chi connectivity index (χ1v) is 6.41. The van der Waals surface area contributed by atoms with Crippen molar-refractivity contribution in [1.82, 2.24) is 0 Å². The summed E-state index contributed by atoms with van der Waals surface area (Å²) in [5.41, 5.74) is 11.0. The van der Waals surface area contributed by atoms with E-state index in [2.05, 4.69) is 0 Å². The van der Waals surface area contributed by atoms with E-state index in [4.69, 9.17) is 28.9 Å². The summed E-state index contributed by atoms with van der Waals surface area (Å²) in [5, 5.41) is 0. The van der Waals surface area contributed by atoms with E-state index in [1.54, 1.807) is 0 Å². The fourth-order valence-corrected chi connectivity index (χ4v) is 2.08. The molecule has 0 unspecified atom stereocenters. The molecule has 88 valence electrons. The van der Waals surface area contributed by atoms with E-state index in [1.807, 2.05) is 42.5 Å². The average molecular weight is 266 g/mol. The average Bonchev–Trinajstić information content (AvgIpc) is 2.39. The molecule has 0 radical (unpaired) electrons. The Hall–Kier alpha value is -1.18. The van der Waals surface area contributed by atoms with Crippen LogP contribution in [0.3, 0.4) is 0 Å². The molecule has 1 nitrogen and oxygen atoms in total. The Balaban J connectivity index is 2.38. The topological polar surface area (TPSA) is 26.0 Å². The van der Waals surface area contributed by atoms with E-state index >= 15 is 0 Å². The van der Waals surface area contributed by atoms with Crippen LogP contribution in [0.4, 0.5) is 5.69 Å². The van der Waals surface area contributed by atoms with Crippen molar-refractivity contribution in [2.45, 2.75) is 11.8 Å². The van der Waals surface area contributed by atoms with Gasteiger partial charge in [-0.1, -0.05) is 36.4 Å². The first kappa shape index (κ1) is 12.3. The zero-order chi connectivity index (χ0) is 12.3. The Bertz CT molecular complexity index is 506. The lowest BCUT2D eigenvalue weighted by atomic mass is 10.0. The van der Waals surface area contributed by atoms with E-state index in [0.29, 0.717) is 11.8 Å². The van der Waals surface area contributed by atoms with Gasteiger partial charge in [0.25, 0.3) is 0 Å². The second-order valence-corrected chi connectivity index (χ2v) is 4.42. The molecule has 0 atom stereocenters. The molecule has 2 rings (SSSR count). The van der Waals surface area contributed by atoms with Gasteiger partial charge in [-0.25, -0.2) is 0 Å². The third kappa shape index (κ3) is 2.74. The van der Waals surface area contributed by atoms with Gasteiger partial charge in [-0.2, -0.15) is 0 Å². The number of nitrogens with two attached hydrogens (primary N) is 1. The summed E-state index contributed by atoms with van der Waals surface area (Å²) in [7, 11) is 0. The van der Waals surface area contributed by atoms with Crippen LogP contribution in [0.1, 0.15) is 11.1 Å². The van der Waals surface area contributed by atoms with Gasteiger partial charge in [0.2, 0.25) is 0 Å². The molecule has 0 heterocycles. The van der Waals surface area contributed by atoms with Crippen LogP contribution < -0.4 is 5.73 Å². The molecule has 17 heavy (non-hydrogen) atoms. The Morgan fingerprint density at radius 2 is 1.41 bits per heavy atom. The molecule has 2 aromatic rings. The van der Waals surface area contributed by atoms with E-state index in [-0.39, 0.29) is 0 Å². The van der Waals surface area contributed by atoms with Crippen LogP contribution in [-0.4, -0.2) is 0 Å². The highest BCUT2D eigenvalue weighted by atomic mass is 35.5. The zero-order valence-corrected chi connectivity index (χ0v) is 10.8. The smallest absolute Gasteiger partial charge is 0.0474 e. The SMILES string of the molecule is Nc1cc(CCl)ccc1-c1ccc(CCl)cc1. The van der Waals surface area contributed by atoms with E-state index in [9.17, 15) is 0 Å². The quantitative estimate of drug-likeness (QED) is 0.646. The van der Waals surface area contributed by atoms with Crippen molar-refractivity contribution in [3.05, 3.63) is 53.6 Å². The van der Waals surface area contributed by atoms with Crippen LogP contribution in [0.5, 0.6) is 0 Å². The second kappa shape index (κ2) is 5.44. The van der Waals surface area contributed by atoms with Crippen molar-refractivity contribution < 1.29 is 0 Å². The first-order chi connectivity index (χ1) is 8.24. The molecule has 0 aliphatic carbocycles. The summed E-state index contributed by atoms with van der Waals surface area (Å²) in [6.07, 6.45) is 0. The minimum Gasteiger partial charge on any atom is -0.398 e. The van der Waals surface area contributed by atoms with Gasteiger partial charge in [0.15, 0.2) is 0 Å². The monoisotopic (exact) mass is 265 g/mol. The van der Waals surface area contributed by atoms with Crippen molar-refractivity contribution in [2.75, 3.05) is 5.73 Å². The normalized spacial score (nSPS) is 10.5. The van der Waals surface area contributed by atoms with Crippen molar-refractivity contribution >= 4 is 28.9 Å². The van der Waals surface area contributed by atoms with Crippen molar-refractivity contribution in [3.63, 3.8) is 0 Å². The van der Waals surface area contributed by atoms with Gasteiger partial charge in [-0.15, -0.1) is 23.2 Å². The van der Waals surface area contributed by atoms with E-state index in [0.717, 1.165) is 27.9 Å². The number of benzene rings is 2. The van der Waals surface area contributed by atoms with Crippen molar-refractivity contribution in [2.24, 2.45) is 0 Å². The fraction of sp³-hybridized carbons (Fsp3) is 0.143. The molecular weight excluding hydrogens is 253 g/mol. The summed E-state index contributed by atoms with van der Waals surface area (Å²) in [4.78, 5) is 0. The molecule has 0 fully saturated rings. The maximum absolute atomic E-state index is 6.01. The lowest BCUT2D eigenvalue weighted by Gasteiger charge is -2.08. The maximum Gasteiger partial charge on any atom is 0.0474 e. The summed E-state index contributed by atoms with van der Waals surface area (Å²) in [6, 6.07) is 14.0. The lowest BCUT2D eigenvalue weighted by Crippen LogP contribution is -1.92. The molecule has 2 aromatic carbocycles. The molecule has 0 aliphatic heterocycles. The Morgan fingerprint density at radius 3 is 1.94 bits per heavy atom. The number of anilines is 1. The van der Waals surface area contributed by atoms with Gasteiger partial charge in [0, 0.05) is 23.0 Å². The standard InChI is InChI=1S/C14H13Cl2N/c15-8-10-1-4-12(5-2-10)13-6-3-11(9-16)7-14(13)17/h1-7H,8-9,17H2. The fourth-order valence-electron chi connectivity index (χ4n) is 1.73. The number of alkyl halides is 2. The Labute approximate surface area is 111 Å². The highest BCUT2D eigenvalue weighted by Gasteiger charge is 2.03. The predicted molar refractivity (Wildman–Crippen MR) is 75.4 cm³/mol. The molecule has 0 spiro atoms. The number of rotatable bonds is 3. The third-order valence-corrected chi connectivity index (χ3v) is 3.31. The van der Waals surface area contributed by atoms with Gasteiger partial charge in [0.05, 0.1) is 0 Å². The summed E-state index contributed by atoms with van der Waals surface area (Å²) < 4.78 is 0. The molecular formula is C14H13Cl2N. The van der Waals surface area contributed by atoms with Crippen LogP contribution in [0.15, 0.2) is 42.5 Å². The zero-order valence-electron chi connectivity index (χ0n) is 9.29. The van der Waals surface area contributed by atoms with E-state index in [1.165, 1.54) is 0 Å². The number of halogens is 2. The first-order valence-electron chi connectivity index (χ1n) is 5.34. The van der Waals surface area contributed by atoms with Crippen LogP contribution in [0, 0.1) is 0 Å². The highest BCUT2D eigenvalue weighted by molar-refractivity contribution is 6.17. The molecule has 0 saturated heterocycles. The summed E-state index contributed by atoms with van der Waals surface area (Å²) in [6.45, 7) is 0.